The van der Waals surface area contributed by atoms with Gasteiger partial charge in [-0.3, -0.25) is 4.99 Å². The van der Waals surface area contributed by atoms with Crippen LogP contribution in [0.15, 0.2) is 181 Å². The van der Waals surface area contributed by atoms with E-state index in [9.17, 15) is 0 Å². The minimum absolute atomic E-state index is 0.828. The molecular weight excluding hydrogens is 645 g/mol. The summed E-state index contributed by atoms with van der Waals surface area (Å²) in [5.74, 6) is 0. The highest BCUT2D eigenvalue weighted by Crippen LogP contribution is 2.41. The Hall–Kier alpha value is -6.91. The smallest absolute Gasteiger partial charge is 0.121 e. The maximum absolute atomic E-state index is 5.23. The Morgan fingerprint density at radius 2 is 1.11 bits per heavy atom. The van der Waals surface area contributed by atoms with Crippen molar-refractivity contribution in [3.63, 3.8) is 0 Å². The Kier molecular flexibility index (Phi) is 8.47. The molecule has 1 aromatic heterocycles. The molecule has 4 nitrogen and oxygen atoms in total. The topological polar surface area (TPSA) is 43.1 Å². The van der Waals surface area contributed by atoms with Gasteiger partial charge in [-0.25, -0.2) is 0 Å². The van der Waals surface area contributed by atoms with Crippen molar-refractivity contribution >= 4 is 44.9 Å². The Balaban J connectivity index is 1.31. The first-order chi connectivity index (χ1) is 26.2. The van der Waals surface area contributed by atoms with Crippen LogP contribution in [0, 0.1) is 0 Å². The fourth-order valence-electron chi connectivity index (χ4n) is 7.22. The van der Waals surface area contributed by atoms with Crippen LogP contribution >= 0.6 is 0 Å². The van der Waals surface area contributed by atoms with E-state index in [4.69, 9.17) is 10.2 Å². The lowest BCUT2D eigenvalue weighted by molar-refractivity contribution is 0.765. The van der Waals surface area contributed by atoms with E-state index >= 15 is 0 Å². The second kappa shape index (κ2) is 14.0. The molecule has 9 rings (SSSR count). The third-order valence-corrected chi connectivity index (χ3v) is 9.77. The van der Waals surface area contributed by atoms with Gasteiger partial charge in [0, 0.05) is 18.0 Å². The molecule has 1 heterocycles. The summed E-state index contributed by atoms with van der Waals surface area (Å²) in [5, 5.41) is 15.1. The largest absolute Gasteiger partial charge is 0.269 e. The van der Waals surface area contributed by atoms with Crippen LogP contribution in [0.5, 0.6) is 0 Å². The van der Waals surface area contributed by atoms with Crippen molar-refractivity contribution in [2.75, 3.05) is 0 Å². The van der Waals surface area contributed by atoms with Gasteiger partial charge in [-0.2, -0.15) is 4.80 Å². The summed E-state index contributed by atoms with van der Waals surface area (Å²) in [4.78, 5) is 6.13. The Bertz CT molecular complexity index is 2810. The highest BCUT2D eigenvalue weighted by Gasteiger charge is 2.19. The number of nitrogens with zero attached hydrogens (tertiary/aromatic N) is 4. The molecule has 252 valence electrons. The van der Waals surface area contributed by atoms with Crippen molar-refractivity contribution in [3.05, 3.63) is 182 Å². The summed E-state index contributed by atoms with van der Waals surface area (Å²) < 4.78 is 0. The summed E-state index contributed by atoms with van der Waals surface area (Å²) >= 11 is 0. The number of aromatic nitrogens is 3. The number of aliphatic imine (C=N–C) groups is 1. The molecule has 0 aliphatic carbocycles. The molecule has 8 aromatic carbocycles. The van der Waals surface area contributed by atoms with E-state index in [1.54, 1.807) is 4.80 Å². The van der Waals surface area contributed by atoms with Crippen molar-refractivity contribution in [2.24, 2.45) is 4.99 Å². The number of hydrogen-bond donors (Lipinski definition) is 0. The predicted octanol–water partition coefficient (Wildman–Crippen LogP) is 12.8. The zero-order chi connectivity index (χ0) is 35.6. The number of fused-ring (bicyclic) bond motifs is 3. The van der Waals surface area contributed by atoms with Gasteiger partial charge in [0.1, 0.15) is 11.0 Å². The number of benzene rings is 8. The van der Waals surface area contributed by atoms with E-state index in [0.29, 0.717) is 0 Å². The Morgan fingerprint density at radius 1 is 0.509 bits per heavy atom. The fourth-order valence-corrected chi connectivity index (χ4v) is 7.22. The minimum Gasteiger partial charge on any atom is -0.269 e. The van der Waals surface area contributed by atoms with Crippen molar-refractivity contribution < 1.29 is 0 Å². The average molecular weight is 681 g/mol. The second-order valence-electron chi connectivity index (χ2n) is 13.3. The summed E-state index contributed by atoms with van der Waals surface area (Å²) in [6, 6.07) is 60.5. The molecule has 0 saturated heterocycles. The maximum Gasteiger partial charge on any atom is 0.121 e. The van der Waals surface area contributed by atoms with Gasteiger partial charge >= 0.3 is 0 Å². The van der Waals surface area contributed by atoms with Crippen LogP contribution in [0.1, 0.15) is 18.9 Å². The molecule has 0 N–H and O–H groups in total. The Morgan fingerprint density at radius 3 is 1.79 bits per heavy atom. The van der Waals surface area contributed by atoms with Gasteiger partial charge in [0.2, 0.25) is 0 Å². The van der Waals surface area contributed by atoms with E-state index in [2.05, 4.69) is 170 Å². The average Bonchev–Trinajstić information content (AvgIpc) is 3.67. The first-order valence-corrected chi connectivity index (χ1v) is 18.1. The molecule has 0 aliphatic rings. The van der Waals surface area contributed by atoms with Crippen molar-refractivity contribution in [1.82, 2.24) is 15.0 Å². The maximum atomic E-state index is 5.23. The van der Waals surface area contributed by atoms with Crippen molar-refractivity contribution in [2.45, 2.75) is 13.3 Å². The molecule has 0 radical (unpaired) electrons. The summed E-state index contributed by atoms with van der Waals surface area (Å²) in [5.41, 5.74) is 12.7. The van der Waals surface area contributed by atoms with Gasteiger partial charge in [0.25, 0.3) is 0 Å². The van der Waals surface area contributed by atoms with E-state index in [1.807, 2.05) is 30.6 Å². The molecule has 0 spiro atoms. The minimum atomic E-state index is 0.828. The molecular formula is C49H36N4. The van der Waals surface area contributed by atoms with E-state index in [1.165, 1.54) is 38.2 Å². The molecule has 0 fully saturated rings. The summed E-state index contributed by atoms with van der Waals surface area (Å²) in [7, 11) is 0. The van der Waals surface area contributed by atoms with E-state index in [0.717, 1.165) is 56.5 Å². The van der Waals surface area contributed by atoms with Crippen LogP contribution in [0.4, 0.5) is 0 Å². The molecule has 9 aromatic rings. The van der Waals surface area contributed by atoms with Crippen molar-refractivity contribution in [3.8, 4) is 50.2 Å². The number of rotatable bonds is 8. The van der Waals surface area contributed by atoms with E-state index < -0.39 is 0 Å². The molecule has 53 heavy (non-hydrogen) atoms. The lowest BCUT2D eigenvalue weighted by Gasteiger charge is -2.15. The summed E-state index contributed by atoms with van der Waals surface area (Å²) in [6.45, 7) is 2.08. The van der Waals surface area contributed by atoms with Gasteiger partial charge in [0.15, 0.2) is 0 Å². The standard InChI is InChI=1S/C49H36N4/c1-2-25-50-26-24-34-14-13-21-42(27-34)53-51-48-33-41(45-30-39(35-15-5-3-6-16-35)28-37-19-9-11-22-43(37)45)32-47(49(48)52-53)46-31-40(36-17-7-4-8-18-36)29-38-20-10-12-23-44(38)46/h3-33H,2H2,1H3/b26-24+,50-25?. The highest BCUT2D eigenvalue weighted by atomic mass is 15.5. The molecule has 0 bridgehead atoms. The molecule has 4 heteroatoms. The lowest BCUT2D eigenvalue weighted by atomic mass is 9.89. The zero-order valence-electron chi connectivity index (χ0n) is 29.4. The zero-order valence-corrected chi connectivity index (χ0v) is 29.4. The normalized spacial score (nSPS) is 11.8. The third-order valence-electron chi connectivity index (χ3n) is 9.77. The van der Waals surface area contributed by atoms with Crippen LogP contribution in [0.2, 0.25) is 0 Å². The van der Waals surface area contributed by atoms with Gasteiger partial charge in [-0.1, -0.05) is 128 Å². The monoisotopic (exact) mass is 680 g/mol. The predicted molar refractivity (Wildman–Crippen MR) is 223 cm³/mol. The van der Waals surface area contributed by atoms with Gasteiger partial charge in [0.05, 0.1) is 5.69 Å². The van der Waals surface area contributed by atoms with Crippen LogP contribution in [-0.4, -0.2) is 21.2 Å². The fraction of sp³-hybridized carbons (Fsp3) is 0.0408. The molecule has 0 amide bonds. The lowest BCUT2D eigenvalue weighted by Crippen LogP contribution is -1.98. The molecule has 0 aliphatic heterocycles. The molecule has 0 saturated carbocycles. The second-order valence-corrected chi connectivity index (χ2v) is 13.3. The van der Waals surface area contributed by atoms with Crippen LogP contribution in [0.25, 0.3) is 88.8 Å². The molecule has 0 atom stereocenters. The quantitative estimate of drug-likeness (QED) is 0.150. The van der Waals surface area contributed by atoms with Gasteiger partial charge < -0.3 is 0 Å². The van der Waals surface area contributed by atoms with Gasteiger partial charge in [-0.15, -0.1) is 10.2 Å². The summed E-state index contributed by atoms with van der Waals surface area (Å²) in [6.07, 6.45) is 6.64. The first kappa shape index (κ1) is 32.0. The van der Waals surface area contributed by atoms with E-state index in [-0.39, 0.29) is 0 Å². The van der Waals surface area contributed by atoms with Crippen molar-refractivity contribution in [1.29, 1.82) is 0 Å². The number of hydrogen-bond acceptors (Lipinski definition) is 3. The Labute approximate surface area is 309 Å². The van der Waals surface area contributed by atoms with Crippen LogP contribution in [0.3, 0.4) is 0 Å². The SMILES string of the molecule is CCC=N/C=C/c1cccc(-n2nc3cc(-c4cc(-c5ccccc5)cc5ccccc45)cc(-c4cc(-c5ccccc5)cc5ccccc45)c3n2)c1. The van der Waals surface area contributed by atoms with Crippen LogP contribution < -0.4 is 0 Å². The molecule has 0 unspecified atom stereocenters. The highest BCUT2D eigenvalue weighted by molar-refractivity contribution is 6.09. The van der Waals surface area contributed by atoms with Gasteiger partial charge in [-0.05, 0) is 127 Å². The third kappa shape index (κ3) is 6.32. The first-order valence-electron chi connectivity index (χ1n) is 18.1. The van der Waals surface area contributed by atoms with Crippen LogP contribution in [-0.2, 0) is 0 Å².